The number of aromatic nitrogens is 1. The quantitative estimate of drug-likeness (QED) is 0.433. The summed E-state index contributed by atoms with van der Waals surface area (Å²) in [5.74, 6) is 3.30. The number of rotatable bonds is 6. The van der Waals surface area contributed by atoms with Crippen molar-refractivity contribution in [1.82, 2.24) is 14.8 Å². The van der Waals surface area contributed by atoms with Crippen molar-refractivity contribution in [1.29, 1.82) is 0 Å². The summed E-state index contributed by atoms with van der Waals surface area (Å²) in [4.78, 5) is 21.7. The molecule has 0 radical (unpaired) electrons. The van der Waals surface area contributed by atoms with Crippen molar-refractivity contribution < 1.29 is 18.4 Å². The van der Waals surface area contributed by atoms with Crippen molar-refractivity contribution in [2.24, 2.45) is 0 Å². The standard InChI is InChI=1S/C29H39N3O4/c1-28(2,3)21-8-10-22(11-9-21)34-20-23-12-13-24(35-23)27(33)32-15-7-14-31(16-17-32)19-26-30-18-25(36-26)29(4,5)6/h8-13,18H,7,14-17,19-20H2,1-6H3. The van der Waals surface area contributed by atoms with Gasteiger partial charge in [-0.25, -0.2) is 4.98 Å². The van der Waals surface area contributed by atoms with Crippen LogP contribution < -0.4 is 4.74 Å². The summed E-state index contributed by atoms with van der Waals surface area (Å²) in [5, 5.41) is 0. The first kappa shape index (κ1) is 26.0. The molecule has 0 aliphatic carbocycles. The molecule has 1 aromatic carbocycles. The summed E-state index contributed by atoms with van der Waals surface area (Å²) in [5.41, 5.74) is 1.30. The third-order valence-corrected chi connectivity index (χ3v) is 6.50. The van der Waals surface area contributed by atoms with Gasteiger partial charge in [0.05, 0.1) is 12.7 Å². The maximum absolute atomic E-state index is 13.1. The molecule has 2 aromatic heterocycles. The maximum Gasteiger partial charge on any atom is 0.289 e. The van der Waals surface area contributed by atoms with Gasteiger partial charge in [0.25, 0.3) is 5.91 Å². The SMILES string of the molecule is CC(C)(C)c1ccc(OCc2ccc(C(=O)N3CCCN(Cc4ncc(C(C)(C)C)o4)CC3)o2)cc1. The zero-order chi connectivity index (χ0) is 25.9. The molecule has 1 aliphatic rings. The Kier molecular flexibility index (Phi) is 7.59. The maximum atomic E-state index is 13.1. The van der Waals surface area contributed by atoms with Crippen molar-refractivity contribution in [2.75, 3.05) is 26.2 Å². The Morgan fingerprint density at radius 2 is 1.67 bits per heavy atom. The number of ether oxygens (including phenoxy) is 1. The second-order valence-corrected chi connectivity index (χ2v) is 11.6. The van der Waals surface area contributed by atoms with Gasteiger partial charge in [-0.1, -0.05) is 53.7 Å². The van der Waals surface area contributed by atoms with E-state index in [1.54, 1.807) is 6.07 Å². The van der Waals surface area contributed by atoms with Gasteiger partial charge in [-0.05, 0) is 41.7 Å². The van der Waals surface area contributed by atoms with E-state index in [9.17, 15) is 4.79 Å². The first-order chi connectivity index (χ1) is 17.0. The first-order valence-corrected chi connectivity index (χ1v) is 12.8. The van der Waals surface area contributed by atoms with Gasteiger partial charge in [0.1, 0.15) is 23.9 Å². The van der Waals surface area contributed by atoms with Gasteiger partial charge in [-0.15, -0.1) is 0 Å². The van der Waals surface area contributed by atoms with Gasteiger partial charge in [0, 0.05) is 31.6 Å². The minimum absolute atomic E-state index is 0.0585. The second-order valence-electron chi connectivity index (χ2n) is 11.6. The van der Waals surface area contributed by atoms with Crippen LogP contribution in [0.15, 0.2) is 51.4 Å². The van der Waals surface area contributed by atoms with Gasteiger partial charge in [-0.3, -0.25) is 9.69 Å². The van der Waals surface area contributed by atoms with Crippen LogP contribution in [0.1, 0.15) is 81.5 Å². The first-order valence-electron chi connectivity index (χ1n) is 12.8. The molecule has 0 unspecified atom stereocenters. The number of benzene rings is 1. The van der Waals surface area contributed by atoms with Crippen molar-refractivity contribution in [2.45, 2.75) is 71.9 Å². The van der Waals surface area contributed by atoms with Crippen molar-refractivity contribution in [3.8, 4) is 5.75 Å². The van der Waals surface area contributed by atoms with E-state index in [-0.39, 0.29) is 23.3 Å². The summed E-state index contributed by atoms with van der Waals surface area (Å²) >= 11 is 0. The number of carbonyl (C=O) groups is 1. The monoisotopic (exact) mass is 493 g/mol. The number of amides is 1. The molecule has 4 rings (SSSR count). The Labute approximate surface area is 214 Å². The van der Waals surface area contributed by atoms with Gasteiger partial charge in [-0.2, -0.15) is 0 Å². The number of hydrogen-bond acceptors (Lipinski definition) is 6. The van der Waals surface area contributed by atoms with E-state index in [0.29, 0.717) is 31.2 Å². The van der Waals surface area contributed by atoms with Gasteiger partial charge in [0.2, 0.25) is 5.89 Å². The average Bonchev–Trinajstić information content (AvgIpc) is 3.43. The predicted octanol–water partition coefficient (Wildman–Crippen LogP) is 5.79. The van der Waals surface area contributed by atoms with E-state index in [0.717, 1.165) is 36.9 Å². The molecule has 194 valence electrons. The molecule has 7 heteroatoms. The van der Waals surface area contributed by atoms with Crippen LogP contribution in [0.3, 0.4) is 0 Å². The highest BCUT2D eigenvalue weighted by molar-refractivity contribution is 5.91. The fourth-order valence-corrected chi connectivity index (χ4v) is 4.19. The van der Waals surface area contributed by atoms with E-state index in [2.05, 4.69) is 63.6 Å². The number of carbonyl (C=O) groups excluding carboxylic acids is 1. The Balaban J connectivity index is 1.28. The zero-order valence-electron chi connectivity index (χ0n) is 22.5. The van der Waals surface area contributed by atoms with E-state index >= 15 is 0 Å². The molecule has 1 saturated heterocycles. The van der Waals surface area contributed by atoms with Crippen molar-refractivity contribution >= 4 is 5.91 Å². The van der Waals surface area contributed by atoms with Crippen LogP contribution in [0.2, 0.25) is 0 Å². The van der Waals surface area contributed by atoms with Crippen LogP contribution in [-0.2, 0) is 24.0 Å². The third kappa shape index (κ3) is 6.58. The van der Waals surface area contributed by atoms with Gasteiger partial charge in [0.15, 0.2) is 5.76 Å². The molecule has 1 fully saturated rings. The third-order valence-electron chi connectivity index (χ3n) is 6.50. The summed E-state index contributed by atoms with van der Waals surface area (Å²) in [7, 11) is 0. The Bertz CT molecular complexity index is 1150. The average molecular weight is 494 g/mol. The molecule has 0 saturated carbocycles. The van der Waals surface area contributed by atoms with Crippen molar-refractivity contribution in [3.05, 3.63) is 71.3 Å². The lowest BCUT2D eigenvalue weighted by atomic mass is 9.87. The molecule has 3 aromatic rings. The lowest BCUT2D eigenvalue weighted by Gasteiger charge is -2.20. The molecule has 0 spiro atoms. The van der Waals surface area contributed by atoms with E-state index in [1.165, 1.54) is 5.56 Å². The summed E-state index contributed by atoms with van der Waals surface area (Å²) in [6.07, 6.45) is 2.71. The topological polar surface area (TPSA) is 72.0 Å². The Morgan fingerprint density at radius 3 is 2.33 bits per heavy atom. The minimum Gasteiger partial charge on any atom is -0.486 e. The smallest absolute Gasteiger partial charge is 0.289 e. The van der Waals surface area contributed by atoms with E-state index < -0.39 is 0 Å². The molecule has 3 heterocycles. The summed E-state index contributed by atoms with van der Waals surface area (Å²) in [6, 6.07) is 11.7. The number of furan rings is 1. The highest BCUT2D eigenvalue weighted by atomic mass is 16.5. The largest absolute Gasteiger partial charge is 0.486 e. The molecular formula is C29H39N3O4. The lowest BCUT2D eigenvalue weighted by Crippen LogP contribution is -2.35. The molecular weight excluding hydrogens is 454 g/mol. The number of hydrogen-bond donors (Lipinski definition) is 0. The fraction of sp³-hybridized carbons (Fsp3) is 0.517. The molecule has 1 amide bonds. The van der Waals surface area contributed by atoms with Gasteiger partial charge < -0.3 is 18.5 Å². The molecule has 36 heavy (non-hydrogen) atoms. The van der Waals surface area contributed by atoms with E-state index in [1.807, 2.05) is 29.3 Å². The van der Waals surface area contributed by atoms with Crippen LogP contribution in [0, 0.1) is 0 Å². The summed E-state index contributed by atoms with van der Waals surface area (Å²) in [6.45, 7) is 16.8. The fourth-order valence-electron chi connectivity index (χ4n) is 4.19. The predicted molar refractivity (Wildman–Crippen MR) is 139 cm³/mol. The minimum atomic E-state index is -0.0798. The van der Waals surface area contributed by atoms with Crippen LogP contribution in [0.4, 0.5) is 0 Å². The van der Waals surface area contributed by atoms with Crippen LogP contribution in [0.5, 0.6) is 5.75 Å². The highest BCUT2D eigenvalue weighted by Gasteiger charge is 2.25. The molecule has 7 nitrogen and oxygen atoms in total. The number of nitrogens with zero attached hydrogens (tertiary/aromatic N) is 3. The second kappa shape index (κ2) is 10.5. The molecule has 0 N–H and O–H groups in total. The molecule has 0 atom stereocenters. The zero-order valence-corrected chi connectivity index (χ0v) is 22.5. The van der Waals surface area contributed by atoms with Crippen molar-refractivity contribution in [3.63, 3.8) is 0 Å². The van der Waals surface area contributed by atoms with Crippen LogP contribution in [0.25, 0.3) is 0 Å². The van der Waals surface area contributed by atoms with E-state index in [4.69, 9.17) is 13.6 Å². The van der Waals surface area contributed by atoms with Crippen LogP contribution >= 0.6 is 0 Å². The summed E-state index contributed by atoms with van der Waals surface area (Å²) < 4.78 is 17.7. The lowest BCUT2D eigenvalue weighted by molar-refractivity contribution is 0.0724. The molecule has 0 bridgehead atoms. The molecule has 1 aliphatic heterocycles. The normalized spacial score (nSPS) is 15.7. The number of oxazole rings is 1. The Hall–Kier alpha value is -3.06. The highest BCUT2D eigenvalue weighted by Crippen LogP contribution is 2.25. The van der Waals surface area contributed by atoms with Gasteiger partial charge >= 0.3 is 0 Å². The van der Waals surface area contributed by atoms with Crippen LogP contribution in [-0.4, -0.2) is 46.9 Å². The Morgan fingerprint density at radius 1 is 0.917 bits per heavy atom.